The summed E-state index contributed by atoms with van der Waals surface area (Å²) in [6.07, 6.45) is -2.90. The van der Waals surface area contributed by atoms with Crippen LogP contribution in [0.15, 0.2) is 23.2 Å². The molecule has 3 aromatic rings. The van der Waals surface area contributed by atoms with E-state index in [-0.39, 0.29) is 29.5 Å². The lowest BCUT2D eigenvalue weighted by Crippen LogP contribution is -2.35. The molecule has 3 heterocycles. The van der Waals surface area contributed by atoms with Crippen LogP contribution < -0.4 is 4.90 Å². The number of nitrogens with zero attached hydrogens (tertiary/aromatic N) is 5. The third-order valence-electron chi connectivity index (χ3n) is 5.21. The average Bonchev–Trinajstić information content (AvgIpc) is 3.07. The quantitative estimate of drug-likeness (QED) is 0.576. The summed E-state index contributed by atoms with van der Waals surface area (Å²) < 4.78 is 66.1. The van der Waals surface area contributed by atoms with Gasteiger partial charge >= 0.3 is 6.18 Å². The van der Waals surface area contributed by atoms with E-state index in [2.05, 4.69) is 15.0 Å². The maximum absolute atomic E-state index is 13.4. The maximum Gasteiger partial charge on any atom is 0.434 e. The highest BCUT2D eigenvalue weighted by Gasteiger charge is 2.38. The average molecular weight is 469 g/mol. The number of sulfone groups is 1. The summed E-state index contributed by atoms with van der Waals surface area (Å²) in [7, 11) is -3.59. The van der Waals surface area contributed by atoms with Gasteiger partial charge in [0.2, 0.25) is 5.95 Å². The molecule has 1 aliphatic heterocycles. The van der Waals surface area contributed by atoms with Gasteiger partial charge in [0.05, 0.1) is 34.6 Å². The molecule has 0 fully saturated rings. The third kappa shape index (κ3) is 3.81. The second-order valence-corrected chi connectivity index (χ2v) is 9.45. The first-order valence-electron chi connectivity index (χ1n) is 9.43. The molecule has 170 valence electrons. The van der Waals surface area contributed by atoms with Gasteiger partial charge in [-0.1, -0.05) is 0 Å². The zero-order valence-corrected chi connectivity index (χ0v) is 17.8. The Balaban J connectivity index is 1.75. The van der Waals surface area contributed by atoms with E-state index in [1.54, 1.807) is 4.57 Å². The van der Waals surface area contributed by atoms with Crippen LogP contribution in [-0.2, 0) is 35.7 Å². The highest BCUT2D eigenvalue weighted by atomic mass is 32.2. The topological polar surface area (TPSA) is 118 Å². The third-order valence-corrected chi connectivity index (χ3v) is 6.39. The Labute approximate surface area is 180 Å². The van der Waals surface area contributed by atoms with E-state index in [0.29, 0.717) is 23.4 Å². The number of carbonyl (C=O) groups excluding carboxylic acids is 1. The SMILES string of the molecule is CC(=O)c1cnc(N2CCn3c(nc4cc(CO)c(S(C)(=O)=O)cc43)C2)nc1C(F)(F)F. The van der Waals surface area contributed by atoms with Crippen molar-refractivity contribution in [3.05, 3.63) is 41.0 Å². The molecule has 0 spiro atoms. The van der Waals surface area contributed by atoms with Crippen molar-refractivity contribution in [3.8, 4) is 0 Å². The summed E-state index contributed by atoms with van der Waals surface area (Å²) in [4.78, 5) is 25.1. The van der Waals surface area contributed by atoms with E-state index < -0.39 is 39.7 Å². The number of hydrogen-bond acceptors (Lipinski definition) is 8. The van der Waals surface area contributed by atoms with Gasteiger partial charge in [-0.05, 0) is 24.6 Å². The summed E-state index contributed by atoms with van der Waals surface area (Å²) in [5, 5.41) is 9.55. The van der Waals surface area contributed by atoms with Gasteiger partial charge in [0, 0.05) is 25.5 Å². The van der Waals surface area contributed by atoms with Gasteiger partial charge in [-0.15, -0.1) is 0 Å². The second kappa shape index (κ2) is 7.52. The number of imidazole rings is 1. The Bertz CT molecular complexity index is 1350. The summed E-state index contributed by atoms with van der Waals surface area (Å²) in [6, 6.07) is 2.93. The number of rotatable bonds is 4. The van der Waals surface area contributed by atoms with Crippen molar-refractivity contribution in [1.82, 2.24) is 19.5 Å². The molecule has 1 N–H and O–H groups in total. The van der Waals surface area contributed by atoms with Gasteiger partial charge in [-0.3, -0.25) is 4.79 Å². The molecule has 1 aromatic carbocycles. The Kier molecular flexibility index (Phi) is 5.20. The van der Waals surface area contributed by atoms with Crippen molar-refractivity contribution in [2.75, 3.05) is 17.7 Å². The number of aliphatic hydroxyl groups is 1. The Morgan fingerprint density at radius 2 is 1.94 bits per heavy atom. The molecular weight excluding hydrogens is 451 g/mol. The molecule has 0 amide bonds. The van der Waals surface area contributed by atoms with E-state index in [1.165, 1.54) is 17.0 Å². The molecule has 1 aliphatic rings. The lowest BCUT2D eigenvalue weighted by atomic mass is 10.1. The van der Waals surface area contributed by atoms with Gasteiger partial charge in [0.25, 0.3) is 0 Å². The van der Waals surface area contributed by atoms with Crippen LogP contribution in [0, 0.1) is 0 Å². The molecule has 0 atom stereocenters. The molecule has 2 aromatic heterocycles. The number of halogens is 3. The highest BCUT2D eigenvalue weighted by Crippen LogP contribution is 2.33. The van der Waals surface area contributed by atoms with Crippen molar-refractivity contribution in [1.29, 1.82) is 0 Å². The summed E-state index contributed by atoms with van der Waals surface area (Å²) in [6.45, 7) is 1.15. The van der Waals surface area contributed by atoms with Gasteiger partial charge in [-0.25, -0.2) is 23.4 Å². The smallest absolute Gasteiger partial charge is 0.392 e. The minimum absolute atomic E-state index is 0.00407. The number of carbonyl (C=O) groups is 1. The number of ketones is 1. The molecule has 13 heteroatoms. The number of aromatic nitrogens is 4. The van der Waals surface area contributed by atoms with Gasteiger partial charge in [-0.2, -0.15) is 13.2 Å². The van der Waals surface area contributed by atoms with E-state index in [0.717, 1.165) is 19.4 Å². The van der Waals surface area contributed by atoms with Crippen LogP contribution >= 0.6 is 0 Å². The Morgan fingerprint density at radius 1 is 1.22 bits per heavy atom. The number of fused-ring (bicyclic) bond motifs is 3. The van der Waals surface area contributed by atoms with Crippen molar-refractivity contribution in [2.24, 2.45) is 0 Å². The molecule has 0 saturated heterocycles. The molecule has 0 bridgehead atoms. The van der Waals surface area contributed by atoms with Crippen molar-refractivity contribution in [2.45, 2.75) is 37.7 Å². The number of hydrogen-bond donors (Lipinski definition) is 1. The first-order chi connectivity index (χ1) is 14.9. The van der Waals surface area contributed by atoms with E-state index in [9.17, 15) is 31.5 Å². The fourth-order valence-electron chi connectivity index (χ4n) is 3.72. The molecule has 0 unspecified atom stereocenters. The molecule has 32 heavy (non-hydrogen) atoms. The first kappa shape index (κ1) is 22.1. The van der Waals surface area contributed by atoms with Crippen molar-refractivity contribution in [3.63, 3.8) is 0 Å². The predicted molar refractivity (Wildman–Crippen MR) is 107 cm³/mol. The molecule has 0 radical (unpaired) electrons. The van der Waals surface area contributed by atoms with Crippen LogP contribution in [0.2, 0.25) is 0 Å². The number of alkyl halides is 3. The zero-order valence-electron chi connectivity index (χ0n) is 17.0. The fraction of sp³-hybridized carbons (Fsp3) is 0.368. The lowest BCUT2D eigenvalue weighted by Gasteiger charge is -2.28. The van der Waals surface area contributed by atoms with Gasteiger partial charge in [0.1, 0.15) is 5.82 Å². The van der Waals surface area contributed by atoms with Crippen LogP contribution in [0.1, 0.15) is 34.4 Å². The van der Waals surface area contributed by atoms with Gasteiger partial charge in [0.15, 0.2) is 21.3 Å². The van der Waals surface area contributed by atoms with Crippen LogP contribution in [0.5, 0.6) is 0 Å². The summed E-state index contributed by atoms with van der Waals surface area (Å²) >= 11 is 0. The molecule has 0 saturated carbocycles. The summed E-state index contributed by atoms with van der Waals surface area (Å²) in [5.74, 6) is -0.493. The van der Waals surface area contributed by atoms with Crippen LogP contribution in [-0.4, -0.2) is 51.6 Å². The second-order valence-electron chi connectivity index (χ2n) is 7.47. The van der Waals surface area contributed by atoms with E-state index in [1.807, 2.05) is 0 Å². The minimum atomic E-state index is -4.82. The van der Waals surface area contributed by atoms with E-state index in [4.69, 9.17) is 0 Å². The molecule has 4 rings (SSSR count). The normalized spacial score (nSPS) is 14.6. The first-order valence-corrected chi connectivity index (χ1v) is 11.3. The van der Waals surface area contributed by atoms with E-state index >= 15 is 0 Å². The molecule has 9 nitrogen and oxygen atoms in total. The highest BCUT2D eigenvalue weighted by molar-refractivity contribution is 7.90. The molecular formula is C19H18F3N5O4S. The Morgan fingerprint density at radius 3 is 2.53 bits per heavy atom. The standard InChI is InChI=1S/C19H18F3N5O4S/c1-10(29)12-7-23-18(25-17(12)19(20,21)22)26-3-4-27-14-6-15(32(2,30)31)11(9-28)5-13(14)24-16(27)8-26/h5-7,28H,3-4,8-9H2,1-2H3. The monoisotopic (exact) mass is 469 g/mol. The van der Waals surface area contributed by atoms with Gasteiger partial charge < -0.3 is 14.6 Å². The van der Waals surface area contributed by atoms with Crippen LogP contribution in [0.4, 0.5) is 19.1 Å². The predicted octanol–water partition coefficient (Wildman–Crippen LogP) is 1.96. The maximum atomic E-state index is 13.4. The number of benzene rings is 1. The van der Waals surface area contributed by atoms with Crippen molar-refractivity contribution >= 4 is 32.6 Å². The number of Topliss-reactive ketones (excluding diaryl/α,β-unsaturated/α-hetero) is 1. The minimum Gasteiger partial charge on any atom is -0.392 e. The fourth-order valence-corrected chi connectivity index (χ4v) is 4.65. The Hall–Kier alpha value is -3.06. The number of anilines is 1. The largest absolute Gasteiger partial charge is 0.434 e. The zero-order chi connectivity index (χ0) is 23.4. The number of aliphatic hydroxyl groups excluding tert-OH is 1. The van der Waals surface area contributed by atoms with Crippen LogP contribution in [0.25, 0.3) is 11.0 Å². The van der Waals surface area contributed by atoms with Crippen LogP contribution in [0.3, 0.4) is 0 Å². The summed E-state index contributed by atoms with van der Waals surface area (Å²) in [5.41, 5.74) is -0.678. The lowest BCUT2D eigenvalue weighted by molar-refractivity contribution is -0.141. The van der Waals surface area contributed by atoms with Crippen molar-refractivity contribution < 1.29 is 31.5 Å². The molecule has 0 aliphatic carbocycles.